The third-order valence-corrected chi connectivity index (χ3v) is 2.07. The van der Waals surface area contributed by atoms with Crippen LogP contribution in [0.3, 0.4) is 0 Å². The van der Waals surface area contributed by atoms with E-state index in [1.54, 1.807) is 0 Å². The van der Waals surface area contributed by atoms with Gasteiger partial charge in [-0.2, -0.15) is 0 Å². The lowest BCUT2D eigenvalue weighted by Gasteiger charge is -2.22. The van der Waals surface area contributed by atoms with E-state index in [0.717, 1.165) is 12.5 Å². The number of hydrogen-bond acceptors (Lipinski definition) is 1. The zero-order valence-corrected chi connectivity index (χ0v) is 5.88. The summed E-state index contributed by atoms with van der Waals surface area (Å²) in [4.78, 5) is 0. The highest BCUT2D eigenvalue weighted by molar-refractivity contribution is 5.32. The minimum absolute atomic E-state index is 0.731. The van der Waals surface area contributed by atoms with Crippen LogP contribution < -0.4 is 5.32 Å². The lowest BCUT2D eigenvalue weighted by atomic mass is 9.90. The van der Waals surface area contributed by atoms with E-state index in [1.165, 1.54) is 12.0 Å². The van der Waals surface area contributed by atoms with Gasteiger partial charge < -0.3 is 5.32 Å². The molecule has 1 heterocycles. The minimum atomic E-state index is 0.731. The molecule has 0 radical (unpaired) electrons. The highest BCUT2D eigenvalue weighted by Gasteiger charge is 2.14. The van der Waals surface area contributed by atoms with Crippen molar-refractivity contribution in [2.24, 2.45) is 5.92 Å². The molecule has 1 aliphatic heterocycles. The number of fused-ring (bicyclic) bond motifs is 1. The van der Waals surface area contributed by atoms with Gasteiger partial charge in [-0.15, -0.1) is 0 Å². The summed E-state index contributed by atoms with van der Waals surface area (Å²) in [6, 6.07) is 0. The van der Waals surface area contributed by atoms with Crippen molar-refractivity contribution in [1.29, 1.82) is 0 Å². The molecule has 2 aliphatic rings. The summed E-state index contributed by atoms with van der Waals surface area (Å²) in [6.45, 7) is 1.10. The molecule has 1 N–H and O–H groups in total. The quantitative estimate of drug-likeness (QED) is 0.529. The Balaban J connectivity index is 2.27. The molecule has 0 saturated carbocycles. The van der Waals surface area contributed by atoms with E-state index in [1.807, 2.05) is 6.20 Å². The first-order chi connectivity index (χ1) is 4.97. The highest BCUT2D eigenvalue weighted by Crippen LogP contribution is 2.22. The average molecular weight is 133 g/mol. The van der Waals surface area contributed by atoms with Crippen molar-refractivity contribution in [2.45, 2.75) is 6.42 Å². The van der Waals surface area contributed by atoms with Crippen LogP contribution >= 0.6 is 0 Å². The van der Waals surface area contributed by atoms with Gasteiger partial charge in [-0.05, 0) is 24.3 Å². The molecule has 1 aliphatic carbocycles. The van der Waals surface area contributed by atoms with Crippen molar-refractivity contribution >= 4 is 0 Å². The van der Waals surface area contributed by atoms with E-state index in [9.17, 15) is 0 Å². The van der Waals surface area contributed by atoms with Crippen LogP contribution in [0.5, 0.6) is 0 Å². The molecule has 10 heavy (non-hydrogen) atoms. The number of nitrogens with one attached hydrogen (secondary N) is 1. The van der Waals surface area contributed by atoms with E-state index in [2.05, 4.69) is 29.6 Å². The maximum absolute atomic E-state index is 3.23. The molecule has 0 aromatic heterocycles. The summed E-state index contributed by atoms with van der Waals surface area (Å²) in [5, 5.41) is 3.23. The zero-order valence-electron chi connectivity index (χ0n) is 5.88. The SMILES string of the molecule is C1=CCC2CNC=CC2=C1. The van der Waals surface area contributed by atoms with Crippen LogP contribution in [-0.4, -0.2) is 6.54 Å². The lowest BCUT2D eigenvalue weighted by Crippen LogP contribution is -2.23. The highest BCUT2D eigenvalue weighted by atomic mass is 14.8. The van der Waals surface area contributed by atoms with E-state index in [4.69, 9.17) is 0 Å². The summed E-state index contributed by atoms with van der Waals surface area (Å²) in [5.41, 5.74) is 1.47. The summed E-state index contributed by atoms with van der Waals surface area (Å²) in [7, 11) is 0. The van der Waals surface area contributed by atoms with Crippen molar-refractivity contribution < 1.29 is 0 Å². The molecule has 52 valence electrons. The first kappa shape index (κ1) is 5.78. The maximum Gasteiger partial charge on any atom is 0.0213 e. The minimum Gasteiger partial charge on any atom is -0.390 e. The van der Waals surface area contributed by atoms with Gasteiger partial charge in [-0.1, -0.05) is 18.2 Å². The van der Waals surface area contributed by atoms with Gasteiger partial charge in [0, 0.05) is 12.5 Å². The van der Waals surface area contributed by atoms with Crippen LogP contribution in [-0.2, 0) is 0 Å². The molecule has 0 bridgehead atoms. The molecule has 1 heteroatoms. The van der Waals surface area contributed by atoms with Crippen LogP contribution in [0.4, 0.5) is 0 Å². The number of allylic oxidation sites excluding steroid dienone is 4. The molecular formula is C9H11N. The number of rotatable bonds is 0. The Hall–Kier alpha value is -0.980. The normalized spacial score (nSPS) is 28.8. The zero-order chi connectivity index (χ0) is 6.81. The van der Waals surface area contributed by atoms with E-state index < -0.39 is 0 Å². The van der Waals surface area contributed by atoms with Gasteiger partial charge in [0.1, 0.15) is 0 Å². The van der Waals surface area contributed by atoms with Crippen LogP contribution in [0.1, 0.15) is 6.42 Å². The van der Waals surface area contributed by atoms with E-state index >= 15 is 0 Å². The number of hydrogen-bond donors (Lipinski definition) is 1. The second kappa shape index (κ2) is 2.33. The Morgan fingerprint density at radius 2 is 2.50 bits per heavy atom. The summed E-state index contributed by atoms with van der Waals surface area (Å²) in [6.07, 6.45) is 12.0. The fraction of sp³-hybridized carbons (Fsp3) is 0.333. The fourth-order valence-corrected chi connectivity index (χ4v) is 1.45. The van der Waals surface area contributed by atoms with Crippen molar-refractivity contribution in [2.75, 3.05) is 6.54 Å². The Morgan fingerprint density at radius 1 is 1.50 bits per heavy atom. The van der Waals surface area contributed by atoms with Gasteiger partial charge in [0.05, 0.1) is 0 Å². The molecule has 0 amide bonds. The molecule has 1 atom stereocenters. The van der Waals surface area contributed by atoms with E-state index in [-0.39, 0.29) is 0 Å². The molecule has 0 spiro atoms. The molecule has 0 saturated heterocycles. The first-order valence-electron chi connectivity index (χ1n) is 3.73. The third-order valence-electron chi connectivity index (χ3n) is 2.07. The van der Waals surface area contributed by atoms with Crippen LogP contribution in [0, 0.1) is 5.92 Å². The predicted molar refractivity (Wildman–Crippen MR) is 42.5 cm³/mol. The van der Waals surface area contributed by atoms with Gasteiger partial charge >= 0.3 is 0 Å². The van der Waals surface area contributed by atoms with Gasteiger partial charge in [0.2, 0.25) is 0 Å². The molecule has 2 rings (SSSR count). The second-order valence-electron chi connectivity index (χ2n) is 2.77. The first-order valence-corrected chi connectivity index (χ1v) is 3.73. The second-order valence-corrected chi connectivity index (χ2v) is 2.77. The fourth-order valence-electron chi connectivity index (χ4n) is 1.45. The molecule has 1 nitrogen and oxygen atoms in total. The summed E-state index contributed by atoms with van der Waals surface area (Å²) >= 11 is 0. The average Bonchev–Trinajstić information content (AvgIpc) is 2.05. The van der Waals surface area contributed by atoms with Gasteiger partial charge in [0.25, 0.3) is 0 Å². The Kier molecular flexibility index (Phi) is 1.35. The van der Waals surface area contributed by atoms with Gasteiger partial charge in [0.15, 0.2) is 0 Å². The third kappa shape index (κ3) is 0.878. The van der Waals surface area contributed by atoms with Crippen molar-refractivity contribution in [3.8, 4) is 0 Å². The summed E-state index contributed by atoms with van der Waals surface area (Å²) < 4.78 is 0. The van der Waals surface area contributed by atoms with Crippen molar-refractivity contribution in [1.82, 2.24) is 5.32 Å². The molecule has 0 aromatic carbocycles. The smallest absolute Gasteiger partial charge is 0.0213 e. The monoisotopic (exact) mass is 133 g/mol. The predicted octanol–water partition coefficient (Wildman–Crippen LogP) is 1.61. The van der Waals surface area contributed by atoms with Crippen molar-refractivity contribution in [3.05, 3.63) is 36.1 Å². The topological polar surface area (TPSA) is 12.0 Å². The molecule has 0 aromatic rings. The molecule has 1 unspecified atom stereocenters. The van der Waals surface area contributed by atoms with E-state index in [0.29, 0.717) is 0 Å². The Labute approximate surface area is 61.1 Å². The van der Waals surface area contributed by atoms with Crippen molar-refractivity contribution in [3.63, 3.8) is 0 Å². The Bertz CT molecular complexity index is 211. The molecule has 0 fully saturated rings. The largest absolute Gasteiger partial charge is 0.390 e. The Morgan fingerprint density at radius 3 is 3.40 bits per heavy atom. The summed E-state index contributed by atoms with van der Waals surface area (Å²) in [5.74, 6) is 0.731. The van der Waals surface area contributed by atoms with Gasteiger partial charge in [-0.25, -0.2) is 0 Å². The maximum atomic E-state index is 3.23. The standard InChI is InChI=1S/C9H11N/c1-2-4-9-7-10-6-5-8(9)3-1/h1-3,5-6,9-10H,4,7H2. The molecular weight excluding hydrogens is 122 g/mol. The van der Waals surface area contributed by atoms with Gasteiger partial charge in [-0.3, -0.25) is 0 Å². The lowest BCUT2D eigenvalue weighted by molar-refractivity contribution is 0.579. The van der Waals surface area contributed by atoms with Crippen LogP contribution in [0.25, 0.3) is 0 Å². The van der Waals surface area contributed by atoms with Crippen LogP contribution in [0.2, 0.25) is 0 Å². The van der Waals surface area contributed by atoms with Crippen LogP contribution in [0.15, 0.2) is 36.1 Å².